The lowest BCUT2D eigenvalue weighted by Gasteiger charge is -1.99. The third-order valence-electron chi connectivity index (χ3n) is 3.20. The van der Waals surface area contributed by atoms with E-state index in [0.29, 0.717) is 29.2 Å². The summed E-state index contributed by atoms with van der Waals surface area (Å²) in [6, 6.07) is 1.52. The summed E-state index contributed by atoms with van der Waals surface area (Å²) in [5, 5.41) is 2.59. The number of aryl methyl sites for hydroxylation is 2. The Morgan fingerprint density at radius 3 is 2.87 bits per heavy atom. The predicted octanol–water partition coefficient (Wildman–Crippen LogP) is 1.17. The SMILES string of the molecule is CCc1nc(C)oc1C(=O)Nc1nc2ncc(C(N)=O)cc2[nH]1. The molecule has 0 atom stereocenters. The third kappa shape index (κ3) is 2.76. The molecule has 0 aromatic carbocycles. The van der Waals surface area contributed by atoms with Gasteiger partial charge in [0, 0.05) is 13.1 Å². The van der Waals surface area contributed by atoms with Gasteiger partial charge in [0.15, 0.2) is 11.5 Å². The van der Waals surface area contributed by atoms with Crippen molar-refractivity contribution in [2.24, 2.45) is 5.73 Å². The molecule has 0 unspecified atom stereocenters. The summed E-state index contributed by atoms with van der Waals surface area (Å²) in [6.07, 6.45) is 1.90. The number of hydrogen-bond acceptors (Lipinski definition) is 6. The number of amides is 2. The fourth-order valence-electron chi connectivity index (χ4n) is 2.15. The number of carbonyl (C=O) groups is 2. The lowest BCUT2D eigenvalue weighted by atomic mass is 10.2. The predicted molar refractivity (Wildman–Crippen MR) is 81.0 cm³/mol. The highest BCUT2D eigenvalue weighted by Crippen LogP contribution is 2.16. The van der Waals surface area contributed by atoms with Gasteiger partial charge in [0.25, 0.3) is 5.91 Å². The van der Waals surface area contributed by atoms with E-state index in [0.717, 1.165) is 0 Å². The first-order valence-electron chi connectivity index (χ1n) is 6.91. The zero-order valence-corrected chi connectivity index (χ0v) is 12.5. The van der Waals surface area contributed by atoms with Crippen LogP contribution in [0.1, 0.15) is 39.4 Å². The summed E-state index contributed by atoms with van der Waals surface area (Å²) < 4.78 is 5.32. The minimum Gasteiger partial charge on any atom is -0.436 e. The summed E-state index contributed by atoms with van der Waals surface area (Å²) in [5.74, 6) is -0.295. The van der Waals surface area contributed by atoms with Crippen LogP contribution in [0.25, 0.3) is 11.2 Å². The van der Waals surface area contributed by atoms with E-state index in [9.17, 15) is 9.59 Å². The van der Waals surface area contributed by atoms with Crippen LogP contribution in [0.4, 0.5) is 5.95 Å². The Hall–Kier alpha value is -3.23. The Morgan fingerprint density at radius 2 is 2.17 bits per heavy atom. The van der Waals surface area contributed by atoms with Crippen molar-refractivity contribution in [3.8, 4) is 0 Å². The summed E-state index contributed by atoms with van der Waals surface area (Å²) >= 11 is 0. The zero-order valence-electron chi connectivity index (χ0n) is 12.5. The number of H-pyrrole nitrogens is 1. The van der Waals surface area contributed by atoms with Gasteiger partial charge in [0.2, 0.25) is 17.6 Å². The number of anilines is 1. The molecule has 3 aromatic rings. The van der Waals surface area contributed by atoms with Crippen LogP contribution in [0.2, 0.25) is 0 Å². The number of aromatic amines is 1. The molecule has 0 bridgehead atoms. The molecule has 0 saturated heterocycles. The smallest absolute Gasteiger partial charge is 0.295 e. The van der Waals surface area contributed by atoms with Gasteiger partial charge in [-0.25, -0.2) is 9.97 Å². The van der Waals surface area contributed by atoms with Crippen LogP contribution in [0, 0.1) is 6.92 Å². The maximum atomic E-state index is 12.3. The number of nitrogens with zero attached hydrogens (tertiary/aromatic N) is 3. The van der Waals surface area contributed by atoms with Gasteiger partial charge in [0.1, 0.15) is 0 Å². The van der Waals surface area contributed by atoms with Gasteiger partial charge in [0.05, 0.1) is 16.8 Å². The van der Waals surface area contributed by atoms with Gasteiger partial charge in [-0.3, -0.25) is 14.9 Å². The average molecular weight is 314 g/mol. The molecule has 0 aliphatic heterocycles. The molecule has 9 nitrogen and oxygen atoms in total. The van der Waals surface area contributed by atoms with E-state index in [1.54, 1.807) is 6.92 Å². The largest absolute Gasteiger partial charge is 0.436 e. The van der Waals surface area contributed by atoms with Crippen molar-refractivity contribution in [1.29, 1.82) is 0 Å². The Morgan fingerprint density at radius 1 is 1.39 bits per heavy atom. The van der Waals surface area contributed by atoms with Crippen molar-refractivity contribution in [1.82, 2.24) is 19.9 Å². The molecule has 0 fully saturated rings. The van der Waals surface area contributed by atoms with Gasteiger partial charge in [-0.2, -0.15) is 4.98 Å². The first-order chi connectivity index (χ1) is 11.0. The summed E-state index contributed by atoms with van der Waals surface area (Å²) in [7, 11) is 0. The second-order valence-electron chi connectivity index (χ2n) is 4.86. The van der Waals surface area contributed by atoms with Crippen molar-refractivity contribution >= 4 is 28.9 Å². The third-order valence-corrected chi connectivity index (χ3v) is 3.20. The van der Waals surface area contributed by atoms with Crippen LogP contribution >= 0.6 is 0 Å². The Bertz CT molecular complexity index is 911. The van der Waals surface area contributed by atoms with Crippen molar-refractivity contribution in [2.45, 2.75) is 20.3 Å². The molecule has 2 amide bonds. The maximum Gasteiger partial charge on any atom is 0.295 e. The van der Waals surface area contributed by atoms with Crippen LogP contribution in [0.5, 0.6) is 0 Å². The molecule has 4 N–H and O–H groups in total. The fourth-order valence-corrected chi connectivity index (χ4v) is 2.15. The van der Waals surface area contributed by atoms with Crippen LogP contribution in [0.3, 0.4) is 0 Å². The summed E-state index contributed by atoms with van der Waals surface area (Å²) in [4.78, 5) is 38.5. The highest BCUT2D eigenvalue weighted by atomic mass is 16.4. The van der Waals surface area contributed by atoms with Crippen molar-refractivity contribution < 1.29 is 14.0 Å². The van der Waals surface area contributed by atoms with Gasteiger partial charge < -0.3 is 15.1 Å². The molecule has 0 saturated carbocycles. The molecule has 3 heterocycles. The van der Waals surface area contributed by atoms with E-state index >= 15 is 0 Å². The molecular weight excluding hydrogens is 300 g/mol. The number of aromatic nitrogens is 4. The number of imidazole rings is 1. The van der Waals surface area contributed by atoms with E-state index in [2.05, 4.69) is 25.3 Å². The average Bonchev–Trinajstić information content (AvgIpc) is 3.08. The zero-order chi connectivity index (χ0) is 16.6. The van der Waals surface area contributed by atoms with Gasteiger partial charge in [-0.1, -0.05) is 6.92 Å². The number of nitrogens with one attached hydrogen (secondary N) is 2. The molecule has 9 heteroatoms. The topological polar surface area (TPSA) is 140 Å². The lowest BCUT2D eigenvalue weighted by Crippen LogP contribution is -2.14. The van der Waals surface area contributed by atoms with Crippen LogP contribution in [-0.2, 0) is 6.42 Å². The van der Waals surface area contributed by atoms with E-state index in [-0.39, 0.29) is 17.3 Å². The summed E-state index contributed by atoms with van der Waals surface area (Å²) in [5.41, 5.74) is 6.87. The van der Waals surface area contributed by atoms with Crippen LogP contribution in [0.15, 0.2) is 16.7 Å². The van der Waals surface area contributed by atoms with Gasteiger partial charge in [-0.05, 0) is 12.5 Å². The standard InChI is InChI=1S/C14H14N6O3/c1-3-8-10(23-6(2)17-8)13(22)20-14-18-9-4-7(11(15)21)5-16-12(9)19-14/h4-5H,3H2,1-2H3,(H2,15,21)(H2,16,18,19,20,22). The Balaban J connectivity index is 1.88. The van der Waals surface area contributed by atoms with E-state index in [4.69, 9.17) is 10.2 Å². The van der Waals surface area contributed by atoms with E-state index in [1.807, 2.05) is 6.92 Å². The monoisotopic (exact) mass is 314 g/mol. The number of rotatable bonds is 4. The molecule has 0 aliphatic carbocycles. The number of nitrogens with two attached hydrogens (primary N) is 1. The second kappa shape index (κ2) is 5.52. The van der Waals surface area contributed by atoms with Gasteiger partial charge in [-0.15, -0.1) is 0 Å². The molecular formula is C14H14N6O3. The highest BCUT2D eigenvalue weighted by molar-refractivity contribution is 6.02. The minimum absolute atomic E-state index is 0.149. The van der Waals surface area contributed by atoms with Crippen molar-refractivity contribution in [3.63, 3.8) is 0 Å². The van der Waals surface area contributed by atoms with Crippen LogP contribution in [-0.4, -0.2) is 31.8 Å². The van der Waals surface area contributed by atoms with E-state index < -0.39 is 11.8 Å². The van der Waals surface area contributed by atoms with Crippen LogP contribution < -0.4 is 11.1 Å². The highest BCUT2D eigenvalue weighted by Gasteiger charge is 2.19. The first-order valence-corrected chi connectivity index (χ1v) is 6.91. The van der Waals surface area contributed by atoms with Gasteiger partial charge >= 0.3 is 0 Å². The fraction of sp³-hybridized carbons (Fsp3) is 0.214. The molecule has 23 heavy (non-hydrogen) atoms. The molecule has 0 aliphatic rings. The molecule has 0 radical (unpaired) electrons. The van der Waals surface area contributed by atoms with Crippen molar-refractivity contribution in [3.05, 3.63) is 35.2 Å². The maximum absolute atomic E-state index is 12.3. The minimum atomic E-state index is -0.593. The van der Waals surface area contributed by atoms with Crippen molar-refractivity contribution in [2.75, 3.05) is 5.32 Å². The quantitative estimate of drug-likeness (QED) is 0.660. The van der Waals surface area contributed by atoms with E-state index in [1.165, 1.54) is 12.3 Å². The lowest BCUT2D eigenvalue weighted by molar-refractivity contribution is 0.0988. The normalized spacial score (nSPS) is 10.9. The Labute approximate surface area is 130 Å². The number of fused-ring (bicyclic) bond motifs is 1. The second-order valence-corrected chi connectivity index (χ2v) is 4.86. The first kappa shape index (κ1) is 14.7. The molecule has 3 rings (SSSR count). The Kier molecular flexibility index (Phi) is 3.53. The number of oxazole rings is 1. The molecule has 3 aromatic heterocycles. The number of primary amides is 1. The number of hydrogen-bond donors (Lipinski definition) is 3. The number of pyridine rings is 1. The molecule has 118 valence electrons. The summed E-state index contributed by atoms with van der Waals surface area (Å²) in [6.45, 7) is 3.55. The number of carbonyl (C=O) groups excluding carboxylic acids is 2. The molecule has 0 spiro atoms.